The molecule has 0 aromatic carbocycles. The van der Waals surface area contributed by atoms with Crippen molar-refractivity contribution in [3.05, 3.63) is 0 Å². The summed E-state index contributed by atoms with van der Waals surface area (Å²) >= 11 is 0. The molecule has 0 aromatic heterocycles. The summed E-state index contributed by atoms with van der Waals surface area (Å²) < 4.78 is 17.0. The van der Waals surface area contributed by atoms with Crippen molar-refractivity contribution in [1.29, 1.82) is 0 Å². The highest BCUT2D eigenvalue weighted by Crippen LogP contribution is 1.87. The van der Waals surface area contributed by atoms with Crippen LogP contribution in [0.1, 0.15) is 39.5 Å². The van der Waals surface area contributed by atoms with E-state index in [4.69, 9.17) is 0 Å². The molecule has 0 saturated heterocycles. The third-order valence-corrected chi connectivity index (χ3v) is 2.14. The van der Waals surface area contributed by atoms with Crippen molar-refractivity contribution in [3.8, 4) is 0 Å². The Kier molecular flexibility index (Phi) is 32.9. The highest BCUT2D eigenvalue weighted by molar-refractivity contribution is 5.69. The van der Waals surface area contributed by atoms with Gasteiger partial charge >= 0.3 is 24.1 Å². The minimum atomic E-state index is -0.407. The molecule has 2 amide bonds. The summed E-state index contributed by atoms with van der Waals surface area (Å²) in [4.78, 5) is 40.1. The first kappa shape index (κ1) is 31.3. The second-order valence-corrected chi connectivity index (χ2v) is 4.14. The van der Waals surface area contributed by atoms with Crippen LogP contribution < -0.4 is 10.6 Å². The Hall–Kier alpha value is -2.52. The van der Waals surface area contributed by atoms with Gasteiger partial charge in [-0.3, -0.25) is 9.59 Å². The van der Waals surface area contributed by atoms with Gasteiger partial charge in [-0.2, -0.15) is 0 Å². The molecule has 0 atom stereocenters. The van der Waals surface area contributed by atoms with Crippen LogP contribution >= 0.6 is 0 Å². The van der Waals surface area contributed by atoms with Gasteiger partial charge in [-0.25, -0.2) is 9.59 Å². The van der Waals surface area contributed by atoms with Crippen molar-refractivity contribution in [2.75, 3.05) is 42.5 Å². The Bertz CT molecular complexity index is 316. The van der Waals surface area contributed by atoms with Crippen molar-refractivity contribution in [3.63, 3.8) is 0 Å². The lowest BCUT2D eigenvalue weighted by molar-refractivity contribution is -0.141. The third-order valence-electron chi connectivity index (χ3n) is 2.14. The summed E-state index contributed by atoms with van der Waals surface area (Å²) in [5.41, 5.74) is 0. The average Bonchev–Trinajstić information content (AvgIpc) is 2.68. The van der Waals surface area contributed by atoms with Crippen LogP contribution in [0.5, 0.6) is 0 Å². The van der Waals surface area contributed by atoms with E-state index in [-0.39, 0.29) is 11.9 Å². The zero-order valence-electron chi connectivity index (χ0n) is 17.1. The monoisotopic (exact) mass is 382 g/mol. The number of carbonyl (C=O) groups excluding carboxylic acids is 4. The van der Waals surface area contributed by atoms with Crippen LogP contribution in [0.2, 0.25) is 0 Å². The molecule has 2 N–H and O–H groups in total. The Balaban J connectivity index is -0.000000124. The van der Waals surface area contributed by atoms with Crippen LogP contribution in [0.3, 0.4) is 0 Å². The molecule has 156 valence electrons. The fourth-order valence-corrected chi connectivity index (χ4v) is 0.816. The van der Waals surface area contributed by atoms with Gasteiger partial charge in [-0.15, -0.1) is 0 Å². The number of esters is 2. The molecule has 26 heavy (non-hydrogen) atoms. The molecule has 0 unspecified atom stereocenters. The molecule has 0 bridgehead atoms. The first-order chi connectivity index (χ1) is 12.2. The zero-order valence-corrected chi connectivity index (χ0v) is 17.1. The predicted molar refractivity (Wildman–Crippen MR) is 96.8 cm³/mol. The van der Waals surface area contributed by atoms with Crippen molar-refractivity contribution in [2.45, 2.75) is 39.5 Å². The van der Waals surface area contributed by atoms with E-state index in [0.717, 1.165) is 12.8 Å². The fraction of sp³-hybridized carbons (Fsp3) is 0.750. The third kappa shape index (κ3) is 37.6. The smallest absolute Gasteiger partial charge is 0.406 e. The molecule has 10 heteroatoms. The lowest BCUT2D eigenvalue weighted by Gasteiger charge is -1.91. The molecule has 10 nitrogen and oxygen atoms in total. The Morgan fingerprint density at radius 2 is 0.885 bits per heavy atom. The summed E-state index contributed by atoms with van der Waals surface area (Å²) in [7, 11) is 8.45. The molecule has 0 saturated carbocycles. The Morgan fingerprint density at radius 3 is 0.923 bits per heavy atom. The first-order valence-electron chi connectivity index (χ1n) is 7.89. The van der Waals surface area contributed by atoms with Crippen LogP contribution in [-0.2, 0) is 28.5 Å². The molecule has 0 aliphatic rings. The van der Waals surface area contributed by atoms with Gasteiger partial charge in [0.05, 0.1) is 28.4 Å². The van der Waals surface area contributed by atoms with Crippen molar-refractivity contribution >= 4 is 24.1 Å². The molecular formula is C16H34N2O8. The van der Waals surface area contributed by atoms with Crippen molar-refractivity contribution < 1.29 is 38.1 Å². The highest BCUT2D eigenvalue weighted by Gasteiger charge is 1.93. The van der Waals surface area contributed by atoms with E-state index in [1.807, 2.05) is 13.8 Å². The van der Waals surface area contributed by atoms with E-state index in [2.05, 4.69) is 29.6 Å². The molecule has 0 aliphatic heterocycles. The van der Waals surface area contributed by atoms with Crippen LogP contribution in [0, 0.1) is 0 Å². The molecule has 0 radical (unpaired) electrons. The molecule has 0 fully saturated rings. The normalized spacial score (nSPS) is 7.69. The maximum atomic E-state index is 10.2. The maximum Gasteiger partial charge on any atom is 0.406 e. The Labute approximate surface area is 155 Å². The van der Waals surface area contributed by atoms with Gasteiger partial charge in [0.25, 0.3) is 0 Å². The fourth-order valence-electron chi connectivity index (χ4n) is 0.816. The minimum absolute atomic E-state index is 0.123. The summed E-state index contributed by atoms with van der Waals surface area (Å²) in [5, 5.41) is 4.51. The number of nitrogens with one attached hydrogen (secondary N) is 2. The first-order valence-corrected chi connectivity index (χ1v) is 7.89. The number of rotatable bonds is 4. The topological polar surface area (TPSA) is 129 Å². The lowest BCUT2D eigenvalue weighted by Crippen LogP contribution is -2.16. The van der Waals surface area contributed by atoms with Crippen LogP contribution in [0.25, 0.3) is 0 Å². The number of hydrogen-bond donors (Lipinski definition) is 2. The van der Waals surface area contributed by atoms with E-state index < -0.39 is 12.2 Å². The molecule has 0 rings (SSSR count). The predicted octanol–water partition coefficient (Wildman–Crippen LogP) is 1.86. The number of methoxy groups -OCH3 is 4. The van der Waals surface area contributed by atoms with E-state index in [0.29, 0.717) is 12.8 Å². The van der Waals surface area contributed by atoms with E-state index >= 15 is 0 Å². The van der Waals surface area contributed by atoms with Crippen LogP contribution in [0.15, 0.2) is 0 Å². The van der Waals surface area contributed by atoms with Gasteiger partial charge in [-0.05, 0) is 12.8 Å². The van der Waals surface area contributed by atoms with Gasteiger partial charge in [-0.1, -0.05) is 13.8 Å². The van der Waals surface area contributed by atoms with E-state index in [1.54, 1.807) is 0 Å². The largest absolute Gasteiger partial charge is 0.469 e. The number of hydrogen-bond acceptors (Lipinski definition) is 8. The van der Waals surface area contributed by atoms with E-state index in [9.17, 15) is 19.2 Å². The maximum absolute atomic E-state index is 10.2. The minimum Gasteiger partial charge on any atom is -0.469 e. The van der Waals surface area contributed by atoms with Gasteiger partial charge in [0.2, 0.25) is 0 Å². The van der Waals surface area contributed by atoms with Gasteiger partial charge in [0.1, 0.15) is 0 Å². The summed E-state index contributed by atoms with van der Waals surface area (Å²) in [6, 6.07) is 0. The number of carbonyl (C=O) groups is 4. The highest BCUT2D eigenvalue weighted by atomic mass is 16.5. The van der Waals surface area contributed by atoms with Crippen LogP contribution in [-0.4, -0.2) is 66.7 Å². The average molecular weight is 382 g/mol. The van der Waals surface area contributed by atoms with Gasteiger partial charge in [0.15, 0.2) is 0 Å². The van der Waals surface area contributed by atoms with Gasteiger partial charge in [0, 0.05) is 26.9 Å². The molecule has 0 aromatic rings. The summed E-state index contributed by atoms with van der Waals surface area (Å²) in [5.74, 6) is -0.245. The lowest BCUT2D eigenvalue weighted by atomic mass is 10.3. The van der Waals surface area contributed by atoms with Crippen LogP contribution in [0.4, 0.5) is 9.59 Å². The molecule has 0 aliphatic carbocycles. The molecule has 0 heterocycles. The number of ether oxygens (including phenoxy) is 4. The zero-order chi connectivity index (χ0) is 21.4. The standard InChI is InChI=1S/2C5H10O2.2C3H7NO2/c2*1-3-4-5(6)7-2;2*1-4-3(5)6-2/h2*3-4H2,1-2H3;2*1-2H3,(H,4,5). The SMILES string of the molecule is CCCC(=O)OC.CCCC(=O)OC.CNC(=O)OC.CNC(=O)OC. The van der Waals surface area contributed by atoms with Gasteiger partial charge < -0.3 is 29.6 Å². The number of alkyl carbamates (subject to hydrolysis) is 2. The second kappa shape index (κ2) is 27.3. The molecular weight excluding hydrogens is 348 g/mol. The van der Waals surface area contributed by atoms with E-state index in [1.165, 1.54) is 42.5 Å². The second-order valence-electron chi connectivity index (χ2n) is 4.14. The summed E-state index contributed by atoms with van der Waals surface area (Å²) in [6.07, 6.45) is 2.00. The summed E-state index contributed by atoms with van der Waals surface area (Å²) in [6.45, 7) is 3.88. The quantitative estimate of drug-likeness (QED) is 0.557. The van der Waals surface area contributed by atoms with Crippen molar-refractivity contribution in [1.82, 2.24) is 10.6 Å². The van der Waals surface area contributed by atoms with Crippen molar-refractivity contribution in [2.24, 2.45) is 0 Å². The molecule has 0 spiro atoms. The number of amides is 2. The Morgan fingerprint density at radius 1 is 0.615 bits per heavy atom.